The Kier molecular flexibility index (Phi) is 7.10. The number of nitrogens with one attached hydrogen (secondary N) is 1. The van der Waals surface area contributed by atoms with Gasteiger partial charge in [0.15, 0.2) is 0 Å². The van der Waals surface area contributed by atoms with Gasteiger partial charge in [-0.3, -0.25) is 4.79 Å². The van der Waals surface area contributed by atoms with Crippen molar-refractivity contribution in [3.63, 3.8) is 0 Å². The van der Waals surface area contributed by atoms with Crippen molar-refractivity contribution in [1.29, 1.82) is 0 Å². The van der Waals surface area contributed by atoms with Crippen molar-refractivity contribution in [1.82, 2.24) is 0 Å². The fourth-order valence-electron chi connectivity index (χ4n) is 6.01. The van der Waals surface area contributed by atoms with Crippen molar-refractivity contribution in [3.05, 3.63) is 82.9 Å². The molecule has 0 amide bonds. The predicted molar refractivity (Wildman–Crippen MR) is 153 cm³/mol. The molecule has 7 heteroatoms. The molecule has 2 atom stereocenters. The number of carboxylic acids is 1. The lowest BCUT2D eigenvalue weighted by atomic mass is 9.94. The van der Waals surface area contributed by atoms with E-state index in [1.54, 1.807) is 0 Å². The Bertz CT molecular complexity index is 1470. The summed E-state index contributed by atoms with van der Waals surface area (Å²) < 4.78 is 29.5. The molecule has 1 saturated carbocycles. The zero-order valence-electron chi connectivity index (χ0n) is 22.1. The first-order valence-corrected chi connectivity index (χ1v) is 15.8. The van der Waals surface area contributed by atoms with Crippen LogP contribution in [0, 0.1) is 11.8 Å². The zero-order chi connectivity index (χ0) is 27.0. The molecule has 0 aromatic heterocycles. The SMILES string of the molecule is O=C(O)[C@H]1C[C@@H]1c1ccc(NCc2ccc3c(c2)-c2ccc(OCC4CCS(=O)(=O)CC4)cc2CCC3)cc1. The molecule has 0 spiro atoms. The van der Waals surface area contributed by atoms with E-state index in [0.717, 1.165) is 42.7 Å². The highest BCUT2D eigenvalue weighted by Gasteiger charge is 2.44. The summed E-state index contributed by atoms with van der Waals surface area (Å²) in [6, 6.07) is 21.3. The van der Waals surface area contributed by atoms with Crippen LogP contribution in [0.2, 0.25) is 0 Å². The van der Waals surface area contributed by atoms with Crippen molar-refractivity contribution in [3.8, 4) is 16.9 Å². The summed E-state index contributed by atoms with van der Waals surface area (Å²) in [6.07, 6.45) is 5.26. The van der Waals surface area contributed by atoms with Gasteiger partial charge in [0.05, 0.1) is 24.0 Å². The highest BCUT2D eigenvalue weighted by atomic mass is 32.2. The van der Waals surface area contributed by atoms with E-state index in [1.807, 2.05) is 24.3 Å². The Labute approximate surface area is 230 Å². The number of hydrogen-bond donors (Lipinski definition) is 2. The number of aryl methyl sites for hydroxylation is 2. The van der Waals surface area contributed by atoms with Crippen LogP contribution < -0.4 is 10.1 Å². The molecule has 3 aliphatic rings. The van der Waals surface area contributed by atoms with Gasteiger partial charge in [-0.15, -0.1) is 0 Å². The van der Waals surface area contributed by atoms with Gasteiger partial charge in [0.1, 0.15) is 15.6 Å². The van der Waals surface area contributed by atoms with Crippen LogP contribution in [0.25, 0.3) is 11.1 Å². The Morgan fingerprint density at radius 2 is 1.69 bits per heavy atom. The maximum absolute atomic E-state index is 11.7. The van der Waals surface area contributed by atoms with E-state index in [0.29, 0.717) is 31.9 Å². The number of rotatable bonds is 8. The number of aliphatic carboxylic acids is 1. The molecule has 39 heavy (non-hydrogen) atoms. The van der Waals surface area contributed by atoms with Gasteiger partial charge >= 0.3 is 5.97 Å². The average Bonchev–Trinajstić information content (AvgIpc) is 3.75. The van der Waals surface area contributed by atoms with Gasteiger partial charge < -0.3 is 15.2 Å². The maximum atomic E-state index is 11.7. The van der Waals surface area contributed by atoms with Crippen molar-refractivity contribution in [2.45, 2.75) is 51.0 Å². The fourth-order valence-corrected chi connectivity index (χ4v) is 7.60. The van der Waals surface area contributed by atoms with Crippen LogP contribution in [0.1, 0.15) is 53.9 Å². The lowest BCUT2D eigenvalue weighted by Gasteiger charge is -2.22. The van der Waals surface area contributed by atoms with Crippen LogP contribution in [0.5, 0.6) is 5.75 Å². The standard InChI is InChI=1S/C32H35NO5S/c34-32(35)31-18-30(31)24-6-8-26(9-7-24)33-19-22-4-5-23-2-1-3-25-17-27(10-11-28(25)29(23)16-22)38-20-21-12-14-39(36,37)15-13-21/h4-11,16-17,21,30-31,33H,1-3,12-15,18-20H2,(H,34,35)/t30-,31+/m1/s1. The molecule has 2 aliphatic carbocycles. The van der Waals surface area contributed by atoms with E-state index >= 15 is 0 Å². The summed E-state index contributed by atoms with van der Waals surface area (Å²) in [5.74, 6) is 0.943. The molecule has 0 unspecified atom stereocenters. The molecule has 204 valence electrons. The molecule has 0 bridgehead atoms. The molecule has 1 heterocycles. The first kappa shape index (κ1) is 25.9. The second-order valence-electron chi connectivity index (χ2n) is 11.3. The highest BCUT2D eigenvalue weighted by molar-refractivity contribution is 7.91. The number of anilines is 1. The molecule has 2 fully saturated rings. The summed E-state index contributed by atoms with van der Waals surface area (Å²) in [5.41, 5.74) is 8.57. The van der Waals surface area contributed by atoms with Crippen molar-refractivity contribution < 1.29 is 23.1 Å². The van der Waals surface area contributed by atoms with Crippen LogP contribution in [0.3, 0.4) is 0 Å². The largest absolute Gasteiger partial charge is 0.493 e. The molecular weight excluding hydrogens is 510 g/mol. The van der Waals surface area contributed by atoms with Gasteiger partial charge in [-0.2, -0.15) is 0 Å². The third-order valence-corrected chi connectivity index (χ3v) is 10.3. The van der Waals surface area contributed by atoms with Gasteiger partial charge in [-0.1, -0.05) is 30.3 Å². The number of hydrogen-bond acceptors (Lipinski definition) is 5. The summed E-state index contributed by atoms with van der Waals surface area (Å²) in [4.78, 5) is 11.2. The van der Waals surface area contributed by atoms with Gasteiger partial charge in [-0.25, -0.2) is 8.42 Å². The van der Waals surface area contributed by atoms with Crippen LogP contribution >= 0.6 is 0 Å². The monoisotopic (exact) mass is 545 g/mol. The molecule has 6 rings (SSSR count). The number of carbonyl (C=O) groups is 1. The third-order valence-electron chi connectivity index (χ3n) is 8.54. The third kappa shape index (κ3) is 5.98. The van der Waals surface area contributed by atoms with Crippen LogP contribution in [-0.2, 0) is 34.0 Å². The minimum absolute atomic E-state index is 0.151. The first-order chi connectivity index (χ1) is 18.8. The smallest absolute Gasteiger partial charge is 0.307 e. The van der Waals surface area contributed by atoms with Crippen LogP contribution in [-0.4, -0.2) is 37.6 Å². The molecule has 1 saturated heterocycles. The molecule has 3 aromatic carbocycles. The van der Waals surface area contributed by atoms with E-state index < -0.39 is 15.8 Å². The van der Waals surface area contributed by atoms with Crippen LogP contribution in [0.4, 0.5) is 5.69 Å². The summed E-state index contributed by atoms with van der Waals surface area (Å²) >= 11 is 0. The minimum atomic E-state index is -2.85. The number of ether oxygens (including phenoxy) is 1. The number of benzene rings is 3. The zero-order valence-corrected chi connectivity index (χ0v) is 22.9. The number of carboxylic acid groups (broad SMARTS) is 1. The molecular formula is C32H35NO5S. The average molecular weight is 546 g/mol. The molecule has 0 radical (unpaired) electrons. The quantitative estimate of drug-likeness (QED) is 0.369. The van der Waals surface area contributed by atoms with Crippen molar-refractivity contribution >= 4 is 21.5 Å². The first-order valence-electron chi connectivity index (χ1n) is 14.0. The fraction of sp³-hybridized carbons (Fsp3) is 0.406. The maximum Gasteiger partial charge on any atom is 0.307 e. The second-order valence-corrected chi connectivity index (χ2v) is 13.6. The van der Waals surface area contributed by atoms with Crippen molar-refractivity contribution in [2.75, 3.05) is 23.4 Å². The van der Waals surface area contributed by atoms with Crippen molar-refractivity contribution in [2.24, 2.45) is 11.8 Å². The Balaban J connectivity index is 1.11. The molecule has 2 N–H and O–H groups in total. The van der Waals surface area contributed by atoms with E-state index in [9.17, 15) is 18.3 Å². The number of fused-ring (bicyclic) bond motifs is 3. The van der Waals surface area contributed by atoms with Gasteiger partial charge in [0.25, 0.3) is 0 Å². The number of sulfone groups is 1. The Morgan fingerprint density at radius 3 is 2.44 bits per heavy atom. The predicted octanol–water partition coefficient (Wildman–Crippen LogP) is 5.85. The second kappa shape index (κ2) is 10.7. The van der Waals surface area contributed by atoms with Crippen LogP contribution in [0.15, 0.2) is 60.7 Å². The van der Waals surface area contributed by atoms with E-state index in [4.69, 9.17) is 4.74 Å². The van der Waals surface area contributed by atoms with Gasteiger partial charge in [0.2, 0.25) is 0 Å². The Morgan fingerprint density at radius 1 is 0.923 bits per heavy atom. The molecule has 6 nitrogen and oxygen atoms in total. The highest BCUT2D eigenvalue weighted by Crippen LogP contribution is 2.47. The summed E-state index contributed by atoms with van der Waals surface area (Å²) in [7, 11) is -2.85. The van der Waals surface area contributed by atoms with Gasteiger partial charge in [-0.05, 0) is 114 Å². The van der Waals surface area contributed by atoms with E-state index in [2.05, 4.69) is 41.7 Å². The minimum Gasteiger partial charge on any atom is -0.493 e. The van der Waals surface area contributed by atoms with E-state index in [1.165, 1.54) is 27.8 Å². The summed E-state index contributed by atoms with van der Waals surface area (Å²) in [5, 5.41) is 12.7. The molecule has 1 aliphatic heterocycles. The summed E-state index contributed by atoms with van der Waals surface area (Å²) in [6.45, 7) is 1.28. The molecule has 3 aromatic rings. The topological polar surface area (TPSA) is 92.7 Å². The normalized spacial score (nSPS) is 21.7. The lowest BCUT2D eigenvalue weighted by Crippen LogP contribution is -2.26. The van der Waals surface area contributed by atoms with Gasteiger partial charge in [0, 0.05) is 12.2 Å². The lowest BCUT2D eigenvalue weighted by molar-refractivity contribution is -0.138. The Hall–Kier alpha value is -3.32. The van der Waals surface area contributed by atoms with E-state index in [-0.39, 0.29) is 23.3 Å².